The quantitative estimate of drug-likeness (QED) is 0.936. The molecule has 0 spiro atoms. The first-order valence-corrected chi connectivity index (χ1v) is 8.00. The van der Waals surface area contributed by atoms with Crippen LogP contribution in [0.25, 0.3) is 5.69 Å². The molecule has 4 nitrogen and oxygen atoms in total. The number of para-hydroxylation sites is 1. The Morgan fingerprint density at radius 3 is 2.38 bits per heavy atom. The van der Waals surface area contributed by atoms with E-state index in [-0.39, 0.29) is 0 Å². The predicted molar refractivity (Wildman–Crippen MR) is 82.1 cm³/mol. The molecule has 0 bridgehead atoms. The average Bonchev–Trinajstić information content (AvgIpc) is 2.96. The number of hydrogen-bond acceptors (Lipinski definition) is 3. The molecule has 0 amide bonds. The summed E-state index contributed by atoms with van der Waals surface area (Å²) in [6.45, 7) is 0. The van der Waals surface area contributed by atoms with Crippen molar-refractivity contribution in [3.63, 3.8) is 0 Å². The van der Waals surface area contributed by atoms with E-state index >= 15 is 0 Å². The van der Waals surface area contributed by atoms with Crippen molar-refractivity contribution >= 4 is 0 Å². The first kappa shape index (κ1) is 14.3. The molecule has 4 heteroatoms. The summed E-state index contributed by atoms with van der Waals surface area (Å²) in [7, 11) is 0. The summed E-state index contributed by atoms with van der Waals surface area (Å²) in [6.07, 6.45) is 9.78. The van der Waals surface area contributed by atoms with Crippen LogP contribution in [0.2, 0.25) is 0 Å². The van der Waals surface area contributed by atoms with Gasteiger partial charge in [-0.1, -0.05) is 55.5 Å². The van der Waals surface area contributed by atoms with E-state index in [4.69, 9.17) is 0 Å². The molecule has 112 valence electrons. The molecule has 21 heavy (non-hydrogen) atoms. The highest BCUT2D eigenvalue weighted by molar-refractivity contribution is 5.32. The van der Waals surface area contributed by atoms with E-state index in [1.54, 1.807) is 10.9 Å². The summed E-state index contributed by atoms with van der Waals surface area (Å²) < 4.78 is 1.77. The van der Waals surface area contributed by atoms with Crippen molar-refractivity contribution in [1.82, 2.24) is 15.0 Å². The summed E-state index contributed by atoms with van der Waals surface area (Å²) >= 11 is 0. The number of rotatable bonds is 3. The minimum atomic E-state index is -0.474. The van der Waals surface area contributed by atoms with Crippen molar-refractivity contribution in [3.8, 4) is 5.69 Å². The monoisotopic (exact) mass is 285 g/mol. The van der Waals surface area contributed by atoms with Crippen molar-refractivity contribution in [2.75, 3.05) is 0 Å². The van der Waals surface area contributed by atoms with Crippen LogP contribution in [0.1, 0.15) is 56.7 Å². The van der Waals surface area contributed by atoms with Gasteiger partial charge in [-0.2, -0.15) is 0 Å². The molecule has 1 aliphatic rings. The Labute approximate surface area is 125 Å². The van der Waals surface area contributed by atoms with Crippen LogP contribution in [-0.2, 0) is 0 Å². The Bertz CT molecular complexity index is 544. The van der Waals surface area contributed by atoms with Gasteiger partial charge < -0.3 is 5.11 Å². The zero-order chi connectivity index (χ0) is 14.5. The average molecular weight is 285 g/mol. The molecular weight excluding hydrogens is 262 g/mol. The number of benzene rings is 1. The molecule has 1 fully saturated rings. The zero-order valence-corrected chi connectivity index (χ0v) is 12.4. The maximum atomic E-state index is 10.8. The summed E-state index contributed by atoms with van der Waals surface area (Å²) in [4.78, 5) is 0. The van der Waals surface area contributed by atoms with E-state index in [9.17, 15) is 5.11 Å². The van der Waals surface area contributed by atoms with Gasteiger partial charge in [0.2, 0.25) is 0 Å². The predicted octanol–water partition coefficient (Wildman–Crippen LogP) is 3.66. The maximum absolute atomic E-state index is 10.8. The number of nitrogens with zero attached hydrogens (tertiary/aromatic N) is 3. The van der Waals surface area contributed by atoms with Gasteiger partial charge in [0.15, 0.2) is 0 Å². The second-order valence-corrected chi connectivity index (χ2v) is 5.96. The fourth-order valence-corrected chi connectivity index (χ4v) is 3.26. The highest BCUT2D eigenvalue weighted by Gasteiger charge is 2.25. The van der Waals surface area contributed by atoms with Crippen LogP contribution in [0, 0.1) is 5.92 Å². The van der Waals surface area contributed by atoms with Crippen molar-refractivity contribution in [2.24, 2.45) is 5.92 Å². The van der Waals surface area contributed by atoms with Crippen molar-refractivity contribution in [3.05, 3.63) is 42.2 Å². The SMILES string of the molecule is OC(c1cnnn1-c1ccccc1)C1CCCCCCC1. The normalized spacial score (nSPS) is 18.9. The van der Waals surface area contributed by atoms with Gasteiger partial charge in [-0.25, -0.2) is 4.68 Å². The highest BCUT2D eigenvalue weighted by Crippen LogP contribution is 2.33. The largest absolute Gasteiger partial charge is 0.386 e. The van der Waals surface area contributed by atoms with E-state index in [0.717, 1.165) is 24.2 Å². The van der Waals surface area contributed by atoms with Gasteiger partial charge in [0, 0.05) is 0 Å². The Balaban J connectivity index is 1.81. The van der Waals surface area contributed by atoms with E-state index in [1.807, 2.05) is 30.3 Å². The molecule has 1 aromatic carbocycles. The summed E-state index contributed by atoms with van der Waals surface area (Å²) in [5.74, 6) is 0.325. The van der Waals surface area contributed by atoms with Crippen LogP contribution in [0.3, 0.4) is 0 Å². The Morgan fingerprint density at radius 1 is 1.00 bits per heavy atom. The van der Waals surface area contributed by atoms with Gasteiger partial charge in [-0.15, -0.1) is 5.10 Å². The van der Waals surface area contributed by atoms with Crippen molar-refractivity contribution < 1.29 is 5.11 Å². The van der Waals surface area contributed by atoms with Crippen molar-refractivity contribution in [1.29, 1.82) is 0 Å². The van der Waals surface area contributed by atoms with E-state index in [1.165, 1.54) is 32.1 Å². The molecule has 0 radical (unpaired) electrons. The summed E-state index contributed by atoms with van der Waals surface area (Å²) in [5.41, 5.74) is 1.77. The summed E-state index contributed by atoms with van der Waals surface area (Å²) in [5, 5.41) is 19.0. The molecule has 1 aliphatic carbocycles. The smallest absolute Gasteiger partial charge is 0.101 e. The molecule has 0 saturated heterocycles. The van der Waals surface area contributed by atoms with E-state index < -0.39 is 6.10 Å². The van der Waals surface area contributed by atoms with Crippen LogP contribution < -0.4 is 0 Å². The Morgan fingerprint density at radius 2 is 1.67 bits per heavy atom. The third kappa shape index (κ3) is 3.32. The molecule has 1 N–H and O–H groups in total. The molecule has 2 aromatic rings. The lowest BCUT2D eigenvalue weighted by molar-refractivity contribution is 0.0852. The number of aromatic nitrogens is 3. The molecule has 1 atom stereocenters. The number of hydrogen-bond donors (Lipinski definition) is 1. The van der Waals surface area contributed by atoms with Gasteiger partial charge in [0.25, 0.3) is 0 Å². The fraction of sp³-hybridized carbons (Fsp3) is 0.529. The first-order chi connectivity index (χ1) is 10.4. The zero-order valence-electron chi connectivity index (χ0n) is 12.4. The number of aliphatic hydroxyl groups excluding tert-OH is 1. The minimum absolute atomic E-state index is 0.325. The standard InChI is InChI=1S/C17H23N3O/c21-17(14-9-5-2-1-3-6-10-14)16-13-18-19-20(16)15-11-7-4-8-12-15/h4,7-8,11-14,17,21H,1-3,5-6,9-10H2. The Hall–Kier alpha value is -1.68. The lowest BCUT2D eigenvalue weighted by atomic mass is 9.86. The second kappa shape index (κ2) is 6.85. The molecular formula is C17H23N3O. The van der Waals surface area contributed by atoms with E-state index in [0.29, 0.717) is 5.92 Å². The maximum Gasteiger partial charge on any atom is 0.101 e. The van der Waals surface area contributed by atoms with E-state index in [2.05, 4.69) is 10.3 Å². The molecule has 1 unspecified atom stereocenters. The molecule has 3 rings (SSSR count). The minimum Gasteiger partial charge on any atom is -0.386 e. The van der Waals surface area contributed by atoms with Gasteiger partial charge in [0.05, 0.1) is 17.6 Å². The van der Waals surface area contributed by atoms with Crippen LogP contribution in [0.5, 0.6) is 0 Å². The van der Waals surface area contributed by atoms with Gasteiger partial charge >= 0.3 is 0 Å². The molecule has 0 aliphatic heterocycles. The second-order valence-electron chi connectivity index (χ2n) is 5.96. The molecule has 1 heterocycles. The fourth-order valence-electron chi connectivity index (χ4n) is 3.26. The van der Waals surface area contributed by atoms with Crippen LogP contribution in [0.4, 0.5) is 0 Å². The lowest BCUT2D eigenvalue weighted by Crippen LogP contribution is -2.17. The van der Waals surface area contributed by atoms with Crippen LogP contribution in [0.15, 0.2) is 36.5 Å². The van der Waals surface area contributed by atoms with Crippen LogP contribution >= 0.6 is 0 Å². The summed E-state index contributed by atoms with van der Waals surface area (Å²) in [6, 6.07) is 9.91. The third-order valence-corrected chi connectivity index (χ3v) is 4.48. The Kier molecular flexibility index (Phi) is 4.65. The third-order valence-electron chi connectivity index (χ3n) is 4.48. The lowest BCUT2D eigenvalue weighted by Gasteiger charge is -2.25. The van der Waals surface area contributed by atoms with Gasteiger partial charge in [-0.3, -0.25) is 0 Å². The van der Waals surface area contributed by atoms with Gasteiger partial charge in [0.1, 0.15) is 6.10 Å². The topological polar surface area (TPSA) is 50.9 Å². The van der Waals surface area contributed by atoms with Gasteiger partial charge in [-0.05, 0) is 30.9 Å². The van der Waals surface area contributed by atoms with Crippen molar-refractivity contribution in [2.45, 2.75) is 51.0 Å². The first-order valence-electron chi connectivity index (χ1n) is 8.00. The number of aliphatic hydroxyl groups is 1. The molecule has 1 aromatic heterocycles. The molecule has 1 saturated carbocycles. The highest BCUT2D eigenvalue weighted by atomic mass is 16.3. The van der Waals surface area contributed by atoms with Crippen LogP contribution in [-0.4, -0.2) is 20.1 Å².